The average Bonchev–Trinajstić information content (AvgIpc) is 2.82. The highest BCUT2D eigenvalue weighted by atomic mass is 32.3. The molecule has 196 valence electrons. The molecule has 0 spiro atoms. The van der Waals surface area contributed by atoms with E-state index in [9.17, 15) is 16.8 Å². The molecule has 0 unspecified atom stereocenters. The molecule has 2 rings (SSSR count). The minimum atomic E-state index is -4.04. The van der Waals surface area contributed by atoms with Crippen LogP contribution in [0.3, 0.4) is 0 Å². The van der Waals surface area contributed by atoms with E-state index in [1.54, 1.807) is 24.3 Å². The van der Waals surface area contributed by atoms with Crippen LogP contribution in [-0.4, -0.2) is 21.4 Å². The molecule has 0 saturated heterocycles. The van der Waals surface area contributed by atoms with Crippen LogP contribution >= 0.6 is 0 Å². The van der Waals surface area contributed by atoms with Gasteiger partial charge in [-0.1, -0.05) is 119 Å². The first-order valence-electron chi connectivity index (χ1n) is 13.3. The van der Waals surface area contributed by atoms with Gasteiger partial charge in [0.05, 0.1) is 9.79 Å². The standard InChI is InChI=1S/C29H44O4S2/c1-4-5-6-7-8-9-10-11-12-13-14-15-16-29(34(30,31)27-21-17-25(2)18-22-27)35(32,33)28-23-19-26(3)20-24-28/h17-24,29H,4-16H2,1-3H3. The predicted octanol–water partition coefficient (Wildman–Crippen LogP) is 7.97. The predicted molar refractivity (Wildman–Crippen MR) is 146 cm³/mol. The van der Waals surface area contributed by atoms with E-state index >= 15 is 0 Å². The highest BCUT2D eigenvalue weighted by Gasteiger charge is 2.39. The fourth-order valence-electron chi connectivity index (χ4n) is 4.39. The molecule has 0 fully saturated rings. The summed E-state index contributed by atoms with van der Waals surface area (Å²) >= 11 is 0. The van der Waals surface area contributed by atoms with Crippen molar-refractivity contribution in [2.45, 2.75) is 119 Å². The molecular formula is C29H44O4S2. The fraction of sp³-hybridized carbons (Fsp3) is 0.586. The van der Waals surface area contributed by atoms with Gasteiger partial charge in [0.1, 0.15) is 0 Å². The lowest BCUT2D eigenvalue weighted by molar-refractivity contribution is 0.534. The molecule has 0 aliphatic rings. The summed E-state index contributed by atoms with van der Waals surface area (Å²) in [4.78, 5) is 0.144. The summed E-state index contributed by atoms with van der Waals surface area (Å²) in [6.45, 7) is 5.99. The zero-order valence-corrected chi connectivity index (χ0v) is 23.5. The summed E-state index contributed by atoms with van der Waals surface area (Å²) in [7, 11) is -8.07. The van der Waals surface area contributed by atoms with Crippen LogP contribution in [0.5, 0.6) is 0 Å². The van der Waals surface area contributed by atoms with Gasteiger partial charge in [-0.3, -0.25) is 0 Å². The van der Waals surface area contributed by atoms with Crippen molar-refractivity contribution in [2.75, 3.05) is 0 Å². The smallest absolute Gasteiger partial charge is 0.195 e. The number of rotatable bonds is 17. The number of unbranched alkanes of at least 4 members (excludes halogenated alkanes) is 11. The van der Waals surface area contributed by atoms with Gasteiger partial charge >= 0.3 is 0 Å². The molecule has 0 aromatic heterocycles. The van der Waals surface area contributed by atoms with Crippen LogP contribution in [0.25, 0.3) is 0 Å². The van der Waals surface area contributed by atoms with Crippen molar-refractivity contribution in [3.63, 3.8) is 0 Å². The summed E-state index contributed by atoms with van der Waals surface area (Å²) in [6.07, 6.45) is 14.0. The summed E-state index contributed by atoms with van der Waals surface area (Å²) in [5, 5.41) is 0. The second-order valence-corrected chi connectivity index (χ2v) is 14.4. The van der Waals surface area contributed by atoms with Crippen LogP contribution in [0.4, 0.5) is 0 Å². The molecule has 4 nitrogen and oxygen atoms in total. The Morgan fingerprint density at radius 2 is 0.829 bits per heavy atom. The van der Waals surface area contributed by atoms with E-state index in [1.165, 1.54) is 75.6 Å². The molecule has 0 aliphatic carbocycles. The summed E-state index contributed by atoms with van der Waals surface area (Å²) in [6, 6.07) is 12.9. The van der Waals surface area contributed by atoms with Gasteiger partial charge in [-0.2, -0.15) is 0 Å². The van der Waals surface area contributed by atoms with Crippen LogP contribution in [-0.2, 0) is 19.7 Å². The molecule has 0 atom stereocenters. The SMILES string of the molecule is CCCCCCCCCCCCCCC(S(=O)(=O)c1ccc(C)cc1)S(=O)(=O)c1ccc(C)cc1. The third-order valence-electron chi connectivity index (χ3n) is 6.68. The Morgan fingerprint density at radius 1 is 0.514 bits per heavy atom. The van der Waals surface area contributed by atoms with Crippen LogP contribution in [0.1, 0.15) is 102 Å². The number of hydrogen-bond acceptors (Lipinski definition) is 4. The Morgan fingerprint density at radius 3 is 1.17 bits per heavy atom. The van der Waals surface area contributed by atoms with E-state index < -0.39 is 24.3 Å². The average molecular weight is 521 g/mol. The van der Waals surface area contributed by atoms with Crippen molar-refractivity contribution in [3.05, 3.63) is 59.7 Å². The number of aryl methyl sites for hydroxylation is 2. The van der Waals surface area contributed by atoms with Gasteiger partial charge in [-0.15, -0.1) is 0 Å². The first-order valence-corrected chi connectivity index (χ1v) is 16.4. The summed E-state index contributed by atoms with van der Waals surface area (Å²) < 4.78 is 52.5. The fourth-order valence-corrected chi connectivity index (χ4v) is 8.98. The maximum absolute atomic E-state index is 13.5. The van der Waals surface area contributed by atoms with Gasteiger partial charge in [-0.05, 0) is 44.5 Å². The van der Waals surface area contributed by atoms with Crippen LogP contribution in [0.15, 0.2) is 58.3 Å². The normalized spacial score (nSPS) is 12.3. The van der Waals surface area contributed by atoms with Crippen molar-refractivity contribution in [3.8, 4) is 0 Å². The van der Waals surface area contributed by atoms with Crippen LogP contribution < -0.4 is 0 Å². The van der Waals surface area contributed by atoms with Crippen molar-refractivity contribution >= 4 is 19.7 Å². The molecular weight excluding hydrogens is 476 g/mol. The second-order valence-electron chi connectivity index (χ2n) is 9.82. The molecule has 35 heavy (non-hydrogen) atoms. The lowest BCUT2D eigenvalue weighted by atomic mass is 10.0. The van der Waals surface area contributed by atoms with Gasteiger partial charge in [0.2, 0.25) is 0 Å². The Hall–Kier alpha value is -1.66. The molecule has 2 aromatic carbocycles. The second kappa shape index (κ2) is 14.8. The van der Waals surface area contributed by atoms with Gasteiger partial charge in [0.25, 0.3) is 0 Å². The Bertz CT molecular complexity index is 995. The van der Waals surface area contributed by atoms with Crippen molar-refractivity contribution in [2.24, 2.45) is 0 Å². The topological polar surface area (TPSA) is 68.3 Å². The summed E-state index contributed by atoms with van der Waals surface area (Å²) in [5.74, 6) is 0. The minimum Gasteiger partial charge on any atom is -0.222 e. The lowest BCUT2D eigenvalue weighted by Gasteiger charge is -2.19. The first kappa shape index (κ1) is 29.6. The van der Waals surface area contributed by atoms with E-state index in [-0.39, 0.29) is 16.2 Å². The molecule has 0 N–H and O–H groups in total. The van der Waals surface area contributed by atoms with Crippen molar-refractivity contribution < 1.29 is 16.8 Å². The lowest BCUT2D eigenvalue weighted by Crippen LogP contribution is -2.31. The Labute approximate surface area is 214 Å². The van der Waals surface area contributed by atoms with E-state index in [1.807, 2.05) is 13.8 Å². The number of sulfone groups is 2. The molecule has 0 aliphatic heterocycles. The Balaban J connectivity index is 1.97. The maximum Gasteiger partial charge on any atom is 0.195 e. The van der Waals surface area contributed by atoms with Crippen molar-refractivity contribution in [1.82, 2.24) is 0 Å². The zero-order chi connectivity index (χ0) is 25.7. The maximum atomic E-state index is 13.5. The monoisotopic (exact) mass is 520 g/mol. The third kappa shape index (κ3) is 9.38. The molecule has 0 saturated carbocycles. The number of benzene rings is 2. The van der Waals surface area contributed by atoms with E-state index in [0.29, 0.717) is 6.42 Å². The van der Waals surface area contributed by atoms with Gasteiger partial charge in [-0.25, -0.2) is 16.8 Å². The van der Waals surface area contributed by atoms with Gasteiger partial charge in [0, 0.05) is 0 Å². The third-order valence-corrected chi connectivity index (χ3v) is 11.9. The largest absolute Gasteiger partial charge is 0.222 e. The Kier molecular flexibility index (Phi) is 12.5. The van der Waals surface area contributed by atoms with Gasteiger partial charge < -0.3 is 0 Å². The highest BCUT2D eigenvalue weighted by Crippen LogP contribution is 2.30. The van der Waals surface area contributed by atoms with Gasteiger partial charge in [0.15, 0.2) is 24.3 Å². The molecule has 2 aromatic rings. The van der Waals surface area contributed by atoms with E-state index in [4.69, 9.17) is 0 Å². The molecule has 0 amide bonds. The van der Waals surface area contributed by atoms with E-state index in [0.717, 1.165) is 30.4 Å². The van der Waals surface area contributed by atoms with Crippen LogP contribution in [0, 0.1) is 13.8 Å². The van der Waals surface area contributed by atoms with Crippen LogP contribution in [0.2, 0.25) is 0 Å². The zero-order valence-electron chi connectivity index (χ0n) is 21.8. The first-order chi connectivity index (χ1) is 16.7. The van der Waals surface area contributed by atoms with E-state index in [2.05, 4.69) is 6.92 Å². The molecule has 6 heteroatoms. The molecule has 0 bridgehead atoms. The molecule has 0 heterocycles. The molecule has 0 radical (unpaired) electrons. The summed E-state index contributed by atoms with van der Waals surface area (Å²) in [5.41, 5.74) is 1.87. The number of hydrogen-bond donors (Lipinski definition) is 0. The van der Waals surface area contributed by atoms with Crippen molar-refractivity contribution in [1.29, 1.82) is 0 Å². The quantitative estimate of drug-likeness (QED) is 0.198. The highest BCUT2D eigenvalue weighted by molar-refractivity contribution is 8.09. The minimum absolute atomic E-state index is 0.0720.